The van der Waals surface area contributed by atoms with E-state index in [1.54, 1.807) is 36.3 Å². The number of rotatable bonds is 5. The van der Waals surface area contributed by atoms with Crippen LogP contribution < -0.4 is 10.5 Å². The zero-order valence-electron chi connectivity index (χ0n) is 11.5. The number of nitrogen functional groups attached to an aromatic ring is 1. The summed E-state index contributed by atoms with van der Waals surface area (Å²) in [5.41, 5.74) is 7.75. The van der Waals surface area contributed by atoms with Crippen molar-refractivity contribution in [3.05, 3.63) is 42.0 Å². The van der Waals surface area contributed by atoms with Crippen LogP contribution in [0, 0.1) is 13.8 Å². The highest BCUT2D eigenvalue weighted by molar-refractivity contribution is 7.89. The summed E-state index contributed by atoms with van der Waals surface area (Å²) in [7, 11) is -3.55. The molecule has 0 spiro atoms. The number of anilines is 1. The molecule has 0 aliphatic heterocycles. The van der Waals surface area contributed by atoms with Crippen molar-refractivity contribution in [3.63, 3.8) is 0 Å². The van der Waals surface area contributed by atoms with Crippen molar-refractivity contribution >= 4 is 15.7 Å². The van der Waals surface area contributed by atoms with Gasteiger partial charge in [0, 0.05) is 31.2 Å². The molecule has 108 valence electrons. The Balaban J connectivity index is 2.14. The predicted octanol–water partition coefficient (Wildman–Crippen LogP) is 1.06. The lowest BCUT2D eigenvalue weighted by atomic mass is 10.1. The maximum absolute atomic E-state index is 12.3. The largest absolute Gasteiger partial charge is 0.399 e. The molecule has 0 bridgehead atoms. The molecular weight excluding hydrogens is 276 g/mol. The monoisotopic (exact) mass is 294 g/mol. The number of nitrogens with zero attached hydrogens (tertiary/aromatic N) is 2. The smallest absolute Gasteiger partial charge is 0.240 e. The summed E-state index contributed by atoms with van der Waals surface area (Å²) >= 11 is 0. The molecule has 0 saturated heterocycles. The van der Waals surface area contributed by atoms with Gasteiger partial charge in [0.25, 0.3) is 0 Å². The minimum absolute atomic E-state index is 0.237. The van der Waals surface area contributed by atoms with Crippen molar-refractivity contribution in [2.45, 2.75) is 25.3 Å². The third-order valence-corrected chi connectivity index (χ3v) is 4.74. The number of benzene rings is 1. The second kappa shape index (κ2) is 5.64. The number of sulfonamides is 1. The van der Waals surface area contributed by atoms with Crippen molar-refractivity contribution in [1.29, 1.82) is 0 Å². The Morgan fingerprint density at radius 3 is 2.75 bits per heavy atom. The van der Waals surface area contributed by atoms with Crippen molar-refractivity contribution in [3.8, 4) is 0 Å². The van der Waals surface area contributed by atoms with Gasteiger partial charge in [-0.1, -0.05) is 0 Å². The van der Waals surface area contributed by atoms with Gasteiger partial charge in [-0.3, -0.25) is 0 Å². The first kappa shape index (κ1) is 14.5. The van der Waals surface area contributed by atoms with Crippen LogP contribution in [0.1, 0.15) is 11.1 Å². The topological polar surface area (TPSA) is 90.0 Å². The number of nitrogens with one attached hydrogen (secondary N) is 1. The molecule has 6 nitrogen and oxygen atoms in total. The fourth-order valence-corrected chi connectivity index (χ4v) is 3.31. The van der Waals surface area contributed by atoms with Crippen LogP contribution in [0.2, 0.25) is 0 Å². The molecule has 20 heavy (non-hydrogen) atoms. The van der Waals surface area contributed by atoms with Gasteiger partial charge in [-0.2, -0.15) is 0 Å². The molecule has 1 aromatic heterocycles. The van der Waals surface area contributed by atoms with Gasteiger partial charge < -0.3 is 10.3 Å². The standard InChI is InChI=1S/C13H18N4O2S/c1-10-7-12(14)8-13(11(10)2)20(18,19)16-4-6-17-5-3-15-9-17/h3,5,7-9,16H,4,6,14H2,1-2H3. The van der Waals surface area contributed by atoms with E-state index in [1.807, 2.05) is 6.92 Å². The Morgan fingerprint density at radius 1 is 1.35 bits per heavy atom. The number of nitrogens with two attached hydrogens (primary N) is 1. The number of aryl methyl sites for hydroxylation is 1. The van der Waals surface area contributed by atoms with Crippen molar-refractivity contribution < 1.29 is 8.42 Å². The van der Waals surface area contributed by atoms with Crippen LogP contribution in [0.15, 0.2) is 35.7 Å². The predicted molar refractivity (Wildman–Crippen MR) is 77.7 cm³/mol. The molecule has 0 unspecified atom stereocenters. The Morgan fingerprint density at radius 2 is 2.10 bits per heavy atom. The highest BCUT2D eigenvalue weighted by Gasteiger charge is 2.18. The van der Waals surface area contributed by atoms with E-state index >= 15 is 0 Å². The second-order valence-electron chi connectivity index (χ2n) is 4.66. The Hall–Kier alpha value is -1.86. The lowest BCUT2D eigenvalue weighted by Crippen LogP contribution is -2.28. The summed E-state index contributed by atoms with van der Waals surface area (Å²) < 4.78 is 29.0. The van der Waals surface area contributed by atoms with Gasteiger partial charge in [0.1, 0.15) is 0 Å². The van der Waals surface area contributed by atoms with E-state index in [4.69, 9.17) is 5.73 Å². The van der Waals surface area contributed by atoms with Crippen LogP contribution in [0.3, 0.4) is 0 Å². The summed E-state index contributed by atoms with van der Waals surface area (Å²) in [4.78, 5) is 4.14. The molecule has 0 saturated carbocycles. The molecule has 0 amide bonds. The van der Waals surface area contributed by atoms with Crippen molar-refractivity contribution in [2.24, 2.45) is 0 Å². The fourth-order valence-electron chi connectivity index (χ4n) is 1.94. The van der Waals surface area contributed by atoms with Gasteiger partial charge in [0.05, 0.1) is 11.2 Å². The summed E-state index contributed by atoms with van der Waals surface area (Å²) in [6.07, 6.45) is 5.08. The minimum atomic E-state index is -3.55. The quantitative estimate of drug-likeness (QED) is 0.807. The van der Waals surface area contributed by atoms with E-state index in [-0.39, 0.29) is 4.90 Å². The third-order valence-electron chi connectivity index (χ3n) is 3.15. The van der Waals surface area contributed by atoms with Gasteiger partial charge >= 0.3 is 0 Å². The van der Waals surface area contributed by atoms with Crippen LogP contribution in [0.25, 0.3) is 0 Å². The number of hydrogen-bond acceptors (Lipinski definition) is 4. The Kier molecular flexibility index (Phi) is 4.10. The summed E-state index contributed by atoms with van der Waals surface area (Å²) in [6.45, 7) is 4.45. The molecule has 7 heteroatoms. The van der Waals surface area contributed by atoms with Crippen molar-refractivity contribution in [2.75, 3.05) is 12.3 Å². The maximum Gasteiger partial charge on any atom is 0.240 e. The van der Waals surface area contributed by atoms with E-state index < -0.39 is 10.0 Å². The van der Waals surface area contributed by atoms with Crippen LogP contribution in [0.4, 0.5) is 5.69 Å². The second-order valence-corrected chi connectivity index (χ2v) is 6.39. The summed E-state index contributed by atoms with van der Waals surface area (Å²) in [6, 6.07) is 3.25. The fraction of sp³-hybridized carbons (Fsp3) is 0.308. The van der Waals surface area contributed by atoms with Crippen molar-refractivity contribution in [1.82, 2.24) is 14.3 Å². The molecule has 0 radical (unpaired) electrons. The van der Waals surface area contributed by atoms with E-state index in [1.165, 1.54) is 6.07 Å². The lowest BCUT2D eigenvalue weighted by Gasteiger charge is -2.12. The average molecular weight is 294 g/mol. The molecule has 0 aliphatic carbocycles. The highest BCUT2D eigenvalue weighted by atomic mass is 32.2. The molecule has 2 aromatic rings. The molecule has 0 aliphatic rings. The Bertz CT molecular complexity index is 693. The first-order valence-corrected chi connectivity index (χ1v) is 7.70. The van der Waals surface area contributed by atoms with E-state index in [9.17, 15) is 8.42 Å². The molecule has 1 heterocycles. The molecule has 0 atom stereocenters. The molecular formula is C13H18N4O2S. The SMILES string of the molecule is Cc1cc(N)cc(S(=O)(=O)NCCn2ccnc2)c1C. The first-order valence-electron chi connectivity index (χ1n) is 6.22. The van der Waals surface area contributed by atoms with E-state index in [2.05, 4.69) is 9.71 Å². The van der Waals surface area contributed by atoms with E-state index in [0.717, 1.165) is 5.56 Å². The van der Waals surface area contributed by atoms with Crippen LogP contribution in [-0.4, -0.2) is 24.5 Å². The highest BCUT2D eigenvalue weighted by Crippen LogP contribution is 2.22. The number of imidazole rings is 1. The van der Waals surface area contributed by atoms with Gasteiger partial charge in [-0.15, -0.1) is 0 Å². The lowest BCUT2D eigenvalue weighted by molar-refractivity contribution is 0.572. The normalized spacial score (nSPS) is 11.7. The van der Waals surface area contributed by atoms with Crippen LogP contribution in [0.5, 0.6) is 0 Å². The molecule has 0 fully saturated rings. The van der Waals surface area contributed by atoms with Gasteiger partial charge in [0.15, 0.2) is 0 Å². The average Bonchev–Trinajstić information content (AvgIpc) is 2.86. The van der Waals surface area contributed by atoms with Gasteiger partial charge in [0.2, 0.25) is 10.0 Å². The van der Waals surface area contributed by atoms with Gasteiger partial charge in [-0.05, 0) is 37.1 Å². The maximum atomic E-state index is 12.3. The zero-order valence-corrected chi connectivity index (χ0v) is 12.3. The first-order chi connectivity index (χ1) is 9.40. The molecule has 3 N–H and O–H groups in total. The van der Waals surface area contributed by atoms with Crippen LogP contribution in [-0.2, 0) is 16.6 Å². The third kappa shape index (κ3) is 3.17. The van der Waals surface area contributed by atoms with Gasteiger partial charge in [-0.25, -0.2) is 18.1 Å². The summed E-state index contributed by atoms with van der Waals surface area (Å²) in [5.74, 6) is 0. The zero-order chi connectivity index (χ0) is 14.8. The Labute approximate surface area is 118 Å². The number of hydrogen-bond donors (Lipinski definition) is 2. The number of aromatic nitrogens is 2. The minimum Gasteiger partial charge on any atom is -0.399 e. The molecule has 1 aromatic carbocycles. The van der Waals surface area contributed by atoms with Crippen LogP contribution >= 0.6 is 0 Å². The summed E-state index contributed by atoms with van der Waals surface area (Å²) in [5, 5.41) is 0. The van der Waals surface area contributed by atoms with E-state index in [0.29, 0.717) is 24.3 Å². The molecule has 2 rings (SSSR count).